The number of carbonyl (C=O) groups excluding carboxylic acids is 3. The SMILES string of the molecule is CC/C=C\C/C=C\C/C=C\C/C=C\CCC(=O)OCC(COC(OCC[N+](C)(C)C)C(=O)[O-])OC(=O)CC/C=C\C/C=C\C/C=C\C/C=C\CC. The Morgan fingerprint density at radius 1 is 0.569 bits per heavy atom. The summed E-state index contributed by atoms with van der Waals surface area (Å²) in [7, 11) is 5.84. The molecule has 0 bridgehead atoms. The van der Waals surface area contributed by atoms with Crippen LogP contribution in [0.15, 0.2) is 97.2 Å². The van der Waals surface area contributed by atoms with Gasteiger partial charge < -0.3 is 33.3 Å². The van der Waals surface area contributed by atoms with Gasteiger partial charge in [-0.25, -0.2) is 0 Å². The molecule has 9 nitrogen and oxygen atoms in total. The molecule has 0 amide bonds. The summed E-state index contributed by atoms with van der Waals surface area (Å²) >= 11 is 0. The first-order valence-corrected chi connectivity index (χ1v) is 18.4. The Bertz CT molecular complexity index is 1150. The number of carboxylic acid groups (broad SMARTS) is 1. The Balaban J connectivity index is 4.81. The number of carboxylic acids is 1. The summed E-state index contributed by atoms with van der Waals surface area (Å²) in [6.07, 6.45) is 39.1. The predicted octanol–water partition coefficient (Wildman–Crippen LogP) is 7.43. The first-order valence-electron chi connectivity index (χ1n) is 18.4. The van der Waals surface area contributed by atoms with Gasteiger partial charge in [0.1, 0.15) is 13.2 Å². The fraction of sp³-hybridized carbons (Fsp3) is 0.548. The van der Waals surface area contributed by atoms with E-state index in [4.69, 9.17) is 18.9 Å². The van der Waals surface area contributed by atoms with Gasteiger partial charge in [0, 0.05) is 12.8 Å². The van der Waals surface area contributed by atoms with Crippen molar-refractivity contribution in [3.05, 3.63) is 97.2 Å². The third-order valence-corrected chi connectivity index (χ3v) is 6.85. The lowest BCUT2D eigenvalue weighted by atomic mass is 10.2. The quantitative estimate of drug-likeness (QED) is 0.0316. The topological polar surface area (TPSA) is 111 Å². The molecule has 0 spiro atoms. The van der Waals surface area contributed by atoms with Crippen molar-refractivity contribution in [3.8, 4) is 0 Å². The van der Waals surface area contributed by atoms with Gasteiger partial charge in [0.05, 0.1) is 40.3 Å². The van der Waals surface area contributed by atoms with Crippen molar-refractivity contribution < 1.29 is 42.9 Å². The average molecular weight is 712 g/mol. The summed E-state index contributed by atoms with van der Waals surface area (Å²) in [6, 6.07) is 0. The van der Waals surface area contributed by atoms with E-state index in [1.165, 1.54) is 0 Å². The van der Waals surface area contributed by atoms with Gasteiger partial charge in [0.15, 0.2) is 12.4 Å². The molecule has 0 aromatic carbocycles. The minimum atomic E-state index is -1.66. The molecule has 0 saturated carbocycles. The zero-order chi connectivity index (χ0) is 37.8. The lowest BCUT2D eigenvalue weighted by Gasteiger charge is -2.26. The van der Waals surface area contributed by atoms with Crippen LogP contribution in [0.5, 0.6) is 0 Å². The molecule has 0 aromatic heterocycles. The molecule has 0 radical (unpaired) electrons. The third kappa shape index (κ3) is 34.4. The number of rotatable bonds is 31. The fourth-order valence-corrected chi connectivity index (χ4v) is 4.03. The number of nitrogens with zero attached hydrogens (tertiary/aromatic N) is 1. The second-order valence-electron chi connectivity index (χ2n) is 12.7. The first-order chi connectivity index (χ1) is 24.6. The van der Waals surface area contributed by atoms with Crippen molar-refractivity contribution in [2.24, 2.45) is 0 Å². The van der Waals surface area contributed by atoms with Crippen molar-refractivity contribution in [2.45, 2.75) is 103 Å². The van der Waals surface area contributed by atoms with Crippen LogP contribution in [-0.4, -0.2) is 82.3 Å². The number of esters is 2. The van der Waals surface area contributed by atoms with Gasteiger partial charge in [0.25, 0.3) is 0 Å². The Morgan fingerprint density at radius 2 is 0.980 bits per heavy atom. The zero-order valence-electron chi connectivity index (χ0n) is 31.9. The average Bonchev–Trinajstić information content (AvgIpc) is 3.08. The molecule has 0 rings (SSSR count). The Kier molecular flexibility index (Phi) is 30.9. The maximum absolute atomic E-state index is 12.6. The molecule has 2 unspecified atom stereocenters. The van der Waals surface area contributed by atoms with Crippen LogP contribution in [0.1, 0.15) is 90.9 Å². The summed E-state index contributed by atoms with van der Waals surface area (Å²) < 4.78 is 22.2. The molecule has 51 heavy (non-hydrogen) atoms. The normalized spacial score (nSPS) is 14.1. The second-order valence-corrected chi connectivity index (χ2v) is 12.7. The molecule has 0 fully saturated rings. The number of allylic oxidation sites excluding steroid dienone is 16. The number of likely N-dealkylation sites (N-methyl/N-ethyl adjacent to an activating group) is 1. The number of carbonyl (C=O) groups is 3. The number of aliphatic carboxylic acids is 1. The molecule has 0 saturated heterocycles. The van der Waals surface area contributed by atoms with Crippen molar-refractivity contribution >= 4 is 17.9 Å². The van der Waals surface area contributed by atoms with Crippen LogP contribution in [0, 0.1) is 0 Å². The maximum Gasteiger partial charge on any atom is 0.306 e. The molecule has 0 aliphatic carbocycles. The van der Waals surface area contributed by atoms with E-state index < -0.39 is 30.3 Å². The van der Waals surface area contributed by atoms with E-state index in [2.05, 4.69) is 86.8 Å². The van der Waals surface area contributed by atoms with E-state index in [0.29, 0.717) is 23.9 Å². The maximum atomic E-state index is 12.6. The van der Waals surface area contributed by atoms with Crippen molar-refractivity contribution in [1.82, 2.24) is 0 Å². The van der Waals surface area contributed by atoms with Crippen LogP contribution in [-0.2, 0) is 33.3 Å². The van der Waals surface area contributed by atoms with Crippen LogP contribution in [0.25, 0.3) is 0 Å². The highest BCUT2D eigenvalue weighted by Gasteiger charge is 2.21. The molecule has 0 aromatic rings. The molecule has 286 valence electrons. The molecular weight excluding hydrogens is 646 g/mol. The molecule has 0 aliphatic rings. The Labute approximate surface area is 308 Å². The van der Waals surface area contributed by atoms with Gasteiger partial charge in [-0.3, -0.25) is 9.59 Å². The number of hydrogen-bond acceptors (Lipinski definition) is 8. The number of quaternary nitrogens is 1. The molecule has 0 aliphatic heterocycles. The third-order valence-electron chi connectivity index (χ3n) is 6.85. The fourth-order valence-electron chi connectivity index (χ4n) is 4.03. The van der Waals surface area contributed by atoms with E-state index in [1.54, 1.807) is 0 Å². The van der Waals surface area contributed by atoms with Crippen molar-refractivity contribution in [2.75, 3.05) is 47.5 Å². The van der Waals surface area contributed by atoms with E-state index in [-0.39, 0.29) is 32.7 Å². The van der Waals surface area contributed by atoms with E-state index >= 15 is 0 Å². The minimum Gasteiger partial charge on any atom is -0.545 e. The summed E-state index contributed by atoms with van der Waals surface area (Å²) in [5.74, 6) is -2.53. The van der Waals surface area contributed by atoms with Gasteiger partial charge in [-0.2, -0.15) is 0 Å². The second kappa shape index (κ2) is 33.4. The van der Waals surface area contributed by atoms with E-state index in [9.17, 15) is 19.5 Å². The first kappa shape index (κ1) is 47.2. The summed E-state index contributed by atoms with van der Waals surface area (Å²) in [5, 5.41) is 11.6. The predicted molar refractivity (Wildman–Crippen MR) is 204 cm³/mol. The zero-order valence-corrected chi connectivity index (χ0v) is 31.9. The van der Waals surface area contributed by atoms with E-state index in [1.807, 2.05) is 45.4 Å². The van der Waals surface area contributed by atoms with Crippen LogP contribution in [0.4, 0.5) is 0 Å². The molecule has 0 N–H and O–H groups in total. The van der Waals surface area contributed by atoms with Gasteiger partial charge in [-0.15, -0.1) is 0 Å². The largest absolute Gasteiger partial charge is 0.545 e. The molecule has 9 heteroatoms. The Hall–Kier alpha value is -3.79. The summed E-state index contributed by atoms with van der Waals surface area (Å²) in [6.45, 7) is 4.27. The monoisotopic (exact) mass is 711 g/mol. The molecular formula is C42H65NO8. The molecule has 2 atom stereocenters. The van der Waals surface area contributed by atoms with Gasteiger partial charge >= 0.3 is 11.9 Å². The van der Waals surface area contributed by atoms with Gasteiger partial charge in [-0.1, -0.05) is 111 Å². The summed E-state index contributed by atoms with van der Waals surface area (Å²) in [5.41, 5.74) is 0. The highest BCUT2D eigenvalue weighted by atomic mass is 16.7. The van der Waals surface area contributed by atoms with Gasteiger partial charge in [0.2, 0.25) is 0 Å². The highest BCUT2D eigenvalue weighted by Crippen LogP contribution is 2.07. The van der Waals surface area contributed by atoms with Crippen LogP contribution >= 0.6 is 0 Å². The van der Waals surface area contributed by atoms with Crippen molar-refractivity contribution in [1.29, 1.82) is 0 Å². The standard InChI is InChI=1S/C42H65NO8/c1-6-8-10-12-14-16-18-20-22-24-26-28-30-32-39(44)49-36-38(37-50-42(41(46)47)48-35-34-43(3,4)5)51-40(45)33-31-29-27-25-23-21-19-17-15-13-11-9-7-2/h8-11,14-17,20-23,26-29,38,42H,6-7,12-13,18-19,24-25,30-37H2,1-5H3/b10-8-,11-9-,16-14-,17-15-,22-20-,23-21-,28-26-,29-27-. The number of hydrogen-bond donors (Lipinski definition) is 0. The smallest absolute Gasteiger partial charge is 0.306 e. The lowest BCUT2D eigenvalue weighted by molar-refractivity contribution is -0.870. The van der Waals surface area contributed by atoms with Crippen LogP contribution in [0.2, 0.25) is 0 Å². The van der Waals surface area contributed by atoms with Gasteiger partial charge in [-0.05, 0) is 64.2 Å². The highest BCUT2D eigenvalue weighted by molar-refractivity contribution is 5.70. The summed E-state index contributed by atoms with van der Waals surface area (Å²) in [4.78, 5) is 36.6. The Morgan fingerprint density at radius 3 is 1.39 bits per heavy atom. The van der Waals surface area contributed by atoms with Crippen LogP contribution in [0.3, 0.4) is 0 Å². The number of ether oxygens (including phenoxy) is 4. The minimum absolute atomic E-state index is 0.106. The molecule has 0 heterocycles. The van der Waals surface area contributed by atoms with Crippen molar-refractivity contribution in [3.63, 3.8) is 0 Å². The lowest BCUT2D eigenvalue weighted by Crippen LogP contribution is -2.44. The van der Waals surface area contributed by atoms with Crippen LogP contribution < -0.4 is 5.11 Å². The van der Waals surface area contributed by atoms with E-state index in [0.717, 1.165) is 51.4 Å².